The number of benzene rings is 2. The molecule has 3 aromatic rings. The highest BCUT2D eigenvalue weighted by Gasteiger charge is 2.17. The Morgan fingerprint density at radius 3 is 2.42 bits per heavy atom. The van der Waals surface area contributed by atoms with Gasteiger partial charge in [0.2, 0.25) is 5.95 Å². The molecule has 0 aliphatic heterocycles. The number of halogens is 1. The SMILES string of the molecule is CCN(CC)c1nc2cc(O)ccc2c(=O)n1-c1ccc(Cl)cc1. The van der Waals surface area contributed by atoms with Crippen molar-refractivity contribution in [1.82, 2.24) is 9.55 Å². The summed E-state index contributed by atoms with van der Waals surface area (Å²) in [5, 5.41) is 10.8. The Morgan fingerprint density at radius 2 is 1.79 bits per heavy atom. The minimum absolute atomic E-state index is 0.0872. The molecule has 0 atom stereocenters. The number of fused-ring (bicyclic) bond motifs is 1. The van der Waals surface area contributed by atoms with E-state index in [1.165, 1.54) is 12.1 Å². The van der Waals surface area contributed by atoms with E-state index in [-0.39, 0.29) is 11.3 Å². The maximum Gasteiger partial charge on any atom is 0.267 e. The minimum Gasteiger partial charge on any atom is -0.508 e. The van der Waals surface area contributed by atoms with Crippen LogP contribution >= 0.6 is 11.6 Å². The minimum atomic E-state index is -0.177. The zero-order valence-corrected chi connectivity index (χ0v) is 14.3. The third kappa shape index (κ3) is 2.83. The largest absolute Gasteiger partial charge is 0.508 e. The van der Waals surface area contributed by atoms with Crippen molar-refractivity contribution >= 4 is 28.5 Å². The number of aromatic nitrogens is 2. The van der Waals surface area contributed by atoms with E-state index in [2.05, 4.69) is 4.98 Å². The molecule has 0 radical (unpaired) electrons. The van der Waals surface area contributed by atoms with Gasteiger partial charge in [0.05, 0.1) is 16.6 Å². The summed E-state index contributed by atoms with van der Waals surface area (Å²) in [5.74, 6) is 0.634. The van der Waals surface area contributed by atoms with Crippen LogP contribution in [0.25, 0.3) is 16.6 Å². The highest BCUT2D eigenvalue weighted by molar-refractivity contribution is 6.30. The second kappa shape index (κ2) is 6.53. The van der Waals surface area contributed by atoms with Crippen molar-refractivity contribution in [1.29, 1.82) is 0 Å². The Labute approximate surface area is 144 Å². The Hall–Kier alpha value is -2.53. The van der Waals surface area contributed by atoms with E-state index in [0.29, 0.717) is 40.7 Å². The molecule has 1 aromatic heterocycles. The summed E-state index contributed by atoms with van der Waals surface area (Å²) in [6.45, 7) is 5.44. The fourth-order valence-corrected chi connectivity index (χ4v) is 2.83. The third-order valence-corrected chi connectivity index (χ3v) is 4.22. The van der Waals surface area contributed by atoms with Crippen LogP contribution in [0.2, 0.25) is 5.02 Å². The van der Waals surface area contributed by atoms with Gasteiger partial charge in [-0.05, 0) is 50.2 Å². The Balaban J connectivity index is 2.37. The van der Waals surface area contributed by atoms with Crippen molar-refractivity contribution in [3.63, 3.8) is 0 Å². The number of phenolic OH excluding ortho intramolecular Hbond substituents is 1. The van der Waals surface area contributed by atoms with E-state index in [1.807, 2.05) is 18.7 Å². The smallest absolute Gasteiger partial charge is 0.267 e. The molecular formula is C18H18ClN3O2. The van der Waals surface area contributed by atoms with E-state index in [1.54, 1.807) is 34.9 Å². The topological polar surface area (TPSA) is 58.4 Å². The second-order valence-electron chi connectivity index (χ2n) is 5.40. The van der Waals surface area contributed by atoms with Crippen LogP contribution in [0.15, 0.2) is 47.3 Å². The zero-order valence-electron chi connectivity index (χ0n) is 13.5. The van der Waals surface area contributed by atoms with Gasteiger partial charge in [-0.2, -0.15) is 0 Å². The van der Waals surface area contributed by atoms with E-state index in [4.69, 9.17) is 11.6 Å². The molecule has 5 nitrogen and oxygen atoms in total. The number of hydrogen-bond acceptors (Lipinski definition) is 4. The van der Waals surface area contributed by atoms with Crippen LogP contribution in [-0.2, 0) is 0 Å². The molecule has 3 rings (SSSR count). The van der Waals surface area contributed by atoms with Crippen LogP contribution in [0, 0.1) is 0 Å². The van der Waals surface area contributed by atoms with Crippen LogP contribution in [0.3, 0.4) is 0 Å². The molecule has 0 saturated heterocycles. The molecule has 0 unspecified atom stereocenters. The van der Waals surface area contributed by atoms with E-state index < -0.39 is 0 Å². The van der Waals surface area contributed by atoms with Gasteiger partial charge in [0.1, 0.15) is 5.75 Å². The quantitative estimate of drug-likeness (QED) is 0.786. The van der Waals surface area contributed by atoms with Crippen LogP contribution in [0.1, 0.15) is 13.8 Å². The Bertz CT molecular complexity index is 931. The molecule has 2 aromatic carbocycles. The number of anilines is 1. The molecular weight excluding hydrogens is 326 g/mol. The highest BCUT2D eigenvalue weighted by atomic mass is 35.5. The van der Waals surface area contributed by atoms with Crippen LogP contribution < -0.4 is 10.5 Å². The first-order valence-corrected chi connectivity index (χ1v) is 8.19. The summed E-state index contributed by atoms with van der Waals surface area (Å²) < 4.78 is 1.59. The standard InChI is InChI=1S/C18H18ClN3O2/c1-3-21(4-2)18-20-16-11-14(23)9-10-15(16)17(24)22(18)13-7-5-12(19)6-8-13/h5-11,23H,3-4H2,1-2H3. The third-order valence-electron chi connectivity index (χ3n) is 3.97. The van der Waals surface area contributed by atoms with Crippen molar-refractivity contribution in [2.24, 2.45) is 0 Å². The average molecular weight is 344 g/mol. The van der Waals surface area contributed by atoms with Crippen LogP contribution in [-0.4, -0.2) is 27.7 Å². The van der Waals surface area contributed by atoms with Gasteiger partial charge in [0.25, 0.3) is 5.56 Å². The van der Waals surface area contributed by atoms with Gasteiger partial charge >= 0.3 is 0 Å². The number of nitrogens with zero attached hydrogens (tertiary/aromatic N) is 3. The predicted octanol–water partition coefficient (Wildman–Crippen LogP) is 3.59. The summed E-state index contributed by atoms with van der Waals surface area (Å²) in [7, 11) is 0. The highest BCUT2D eigenvalue weighted by Crippen LogP contribution is 2.22. The monoisotopic (exact) mass is 343 g/mol. The Kier molecular flexibility index (Phi) is 4.44. The number of rotatable bonds is 4. The van der Waals surface area contributed by atoms with Crippen molar-refractivity contribution in [2.45, 2.75) is 13.8 Å². The first-order chi connectivity index (χ1) is 11.5. The fourth-order valence-electron chi connectivity index (χ4n) is 2.70. The number of phenols is 1. The predicted molar refractivity (Wildman–Crippen MR) is 97.6 cm³/mol. The van der Waals surface area contributed by atoms with Gasteiger partial charge in [-0.1, -0.05) is 11.6 Å². The summed E-state index contributed by atoms with van der Waals surface area (Å²) in [6, 6.07) is 11.7. The van der Waals surface area contributed by atoms with Gasteiger partial charge in [-0.3, -0.25) is 4.79 Å². The Morgan fingerprint density at radius 1 is 1.12 bits per heavy atom. The average Bonchev–Trinajstić information content (AvgIpc) is 2.57. The summed E-state index contributed by atoms with van der Waals surface area (Å²) >= 11 is 5.97. The summed E-state index contributed by atoms with van der Waals surface area (Å²) in [6.07, 6.45) is 0. The zero-order chi connectivity index (χ0) is 17.3. The second-order valence-corrected chi connectivity index (χ2v) is 5.84. The van der Waals surface area contributed by atoms with Crippen molar-refractivity contribution in [3.05, 3.63) is 57.8 Å². The molecule has 0 saturated carbocycles. The first-order valence-electron chi connectivity index (χ1n) is 7.81. The van der Waals surface area contributed by atoms with Gasteiger partial charge < -0.3 is 10.0 Å². The fraction of sp³-hybridized carbons (Fsp3) is 0.222. The molecule has 6 heteroatoms. The molecule has 0 fully saturated rings. The number of aromatic hydroxyl groups is 1. The van der Waals surface area contributed by atoms with E-state index >= 15 is 0 Å². The molecule has 0 aliphatic rings. The molecule has 124 valence electrons. The van der Waals surface area contributed by atoms with Gasteiger partial charge in [-0.15, -0.1) is 0 Å². The lowest BCUT2D eigenvalue weighted by atomic mass is 10.2. The molecule has 1 N–H and O–H groups in total. The van der Waals surface area contributed by atoms with Crippen molar-refractivity contribution < 1.29 is 5.11 Å². The number of hydrogen-bond donors (Lipinski definition) is 1. The van der Waals surface area contributed by atoms with Gasteiger partial charge in [0, 0.05) is 24.2 Å². The van der Waals surface area contributed by atoms with Crippen molar-refractivity contribution in [3.8, 4) is 11.4 Å². The lowest BCUT2D eigenvalue weighted by Crippen LogP contribution is -2.32. The molecule has 0 aliphatic carbocycles. The van der Waals surface area contributed by atoms with E-state index in [0.717, 1.165) is 0 Å². The lowest BCUT2D eigenvalue weighted by Gasteiger charge is -2.24. The lowest BCUT2D eigenvalue weighted by molar-refractivity contribution is 0.476. The summed E-state index contributed by atoms with van der Waals surface area (Å²) in [4.78, 5) is 19.7. The van der Waals surface area contributed by atoms with Crippen LogP contribution in [0.5, 0.6) is 5.75 Å². The maximum atomic E-state index is 13.1. The molecule has 0 bridgehead atoms. The van der Waals surface area contributed by atoms with Gasteiger partial charge in [-0.25, -0.2) is 9.55 Å². The molecule has 0 spiro atoms. The van der Waals surface area contributed by atoms with Gasteiger partial charge in [0.15, 0.2) is 0 Å². The summed E-state index contributed by atoms with van der Waals surface area (Å²) in [5.41, 5.74) is 1.00. The van der Waals surface area contributed by atoms with Crippen molar-refractivity contribution in [2.75, 3.05) is 18.0 Å². The maximum absolute atomic E-state index is 13.1. The molecule has 1 heterocycles. The van der Waals surface area contributed by atoms with Crippen LogP contribution in [0.4, 0.5) is 5.95 Å². The molecule has 24 heavy (non-hydrogen) atoms. The first kappa shape index (κ1) is 16.3. The normalized spacial score (nSPS) is 11.0. The van der Waals surface area contributed by atoms with E-state index in [9.17, 15) is 9.90 Å². The molecule has 0 amide bonds.